The molecule has 0 spiro atoms. The van der Waals surface area contributed by atoms with Gasteiger partial charge >= 0.3 is 6.03 Å². The Morgan fingerprint density at radius 3 is 3.00 bits per heavy atom. The molecular weight excluding hydrogens is 226 g/mol. The number of fused-ring (bicyclic) bond motifs is 3. The number of anilines is 1. The SMILES string of the molecule is Cc1ccc2c(c1)[C@@H]1C[NH+](C)CC[C@H]1N2C(N)=O. The van der Waals surface area contributed by atoms with Gasteiger partial charge in [-0.05, 0) is 18.6 Å². The van der Waals surface area contributed by atoms with Crippen LogP contribution in [0.25, 0.3) is 0 Å². The van der Waals surface area contributed by atoms with Crippen LogP contribution in [0.1, 0.15) is 23.5 Å². The minimum Gasteiger partial charge on any atom is -0.351 e. The van der Waals surface area contributed by atoms with E-state index in [0.717, 1.165) is 25.2 Å². The molecule has 4 nitrogen and oxygen atoms in total. The number of quaternary nitrogens is 1. The first kappa shape index (κ1) is 11.5. The summed E-state index contributed by atoms with van der Waals surface area (Å²) in [6, 6.07) is 6.27. The van der Waals surface area contributed by atoms with Crippen molar-refractivity contribution in [2.24, 2.45) is 5.73 Å². The fraction of sp³-hybridized carbons (Fsp3) is 0.500. The lowest BCUT2D eigenvalue weighted by molar-refractivity contribution is -0.886. The van der Waals surface area contributed by atoms with Crippen LogP contribution in [0, 0.1) is 6.92 Å². The monoisotopic (exact) mass is 246 g/mol. The number of aryl methyl sites for hydroxylation is 1. The summed E-state index contributed by atoms with van der Waals surface area (Å²) in [6.07, 6.45) is 1.03. The largest absolute Gasteiger partial charge is 0.351 e. The smallest absolute Gasteiger partial charge is 0.319 e. The molecule has 2 aliphatic rings. The molecule has 1 saturated heterocycles. The zero-order valence-corrected chi connectivity index (χ0v) is 10.9. The molecule has 2 aliphatic heterocycles. The van der Waals surface area contributed by atoms with Crippen molar-refractivity contribution in [3.63, 3.8) is 0 Å². The highest BCUT2D eigenvalue weighted by molar-refractivity contribution is 5.94. The number of amides is 2. The van der Waals surface area contributed by atoms with E-state index in [1.54, 1.807) is 0 Å². The van der Waals surface area contributed by atoms with Crippen LogP contribution in [0.2, 0.25) is 0 Å². The molecule has 18 heavy (non-hydrogen) atoms. The van der Waals surface area contributed by atoms with Crippen LogP contribution in [0.3, 0.4) is 0 Å². The maximum atomic E-state index is 11.7. The van der Waals surface area contributed by atoms with Gasteiger partial charge in [-0.25, -0.2) is 4.79 Å². The molecule has 96 valence electrons. The van der Waals surface area contributed by atoms with Crippen LogP contribution >= 0.6 is 0 Å². The molecule has 1 unspecified atom stereocenters. The number of nitrogens with two attached hydrogens (primary N) is 1. The van der Waals surface area contributed by atoms with Gasteiger partial charge in [0.2, 0.25) is 0 Å². The first-order valence-electron chi connectivity index (χ1n) is 6.58. The van der Waals surface area contributed by atoms with Crippen LogP contribution in [0.15, 0.2) is 18.2 Å². The maximum absolute atomic E-state index is 11.7. The van der Waals surface area contributed by atoms with E-state index in [9.17, 15) is 4.79 Å². The number of benzene rings is 1. The number of hydrogen-bond donors (Lipinski definition) is 2. The summed E-state index contributed by atoms with van der Waals surface area (Å²) >= 11 is 0. The number of hydrogen-bond acceptors (Lipinski definition) is 1. The highest BCUT2D eigenvalue weighted by atomic mass is 16.2. The van der Waals surface area contributed by atoms with Crippen molar-refractivity contribution in [1.29, 1.82) is 0 Å². The first-order valence-corrected chi connectivity index (χ1v) is 6.58. The number of carbonyl (C=O) groups is 1. The minimum atomic E-state index is -0.313. The fourth-order valence-corrected chi connectivity index (χ4v) is 3.49. The van der Waals surface area contributed by atoms with Gasteiger partial charge in [0.1, 0.15) is 0 Å². The number of primary amides is 1. The zero-order chi connectivity index (χ0) is 12.9. The van der Waals surface area contributed by atoms with E-state index in [0.29, 0.717) is 5.92 Å². The van der Waals surface area contributed by atoms with E-state index < -0.39 is 0 Å². The number of rotatable bonds is 0. The van der Waals surface area contributed by atoms with Gasteiger partial charge in [-0.3, -0.25) is 4.90 Å². The van der Waals surface area contributed by atoms with Crippen LogP contribution in [0.4, 0.5) is 10.5 Å². The quantitative estimate of drug-likeness (QED) is 0.678. The Balaban J connectivity index is 2.09. The second-order valence-electron chi connectivity index (χ2n) is 5.64. The number of likely N-dealkylation sites (N-methyl/N-ethyl adjacent to an activating group) is 1. The van der Waals surface area contributed by atoms with E-state index >= 15 is 0 Å². The second kappa shape index (κ2) is 3.99. The predicted molar refractivity (Wildman–Crippen MR) is 71.0 cm³/mol. The molecule has 0 radical (unpaired) electrons. The van der Waals surface area contributed by atoms with Crippen LogP contribution in [-0.2, 0) is 0 Å². The third kappa shape index (κ3) is 1.60. The van der Waals surface area contributed by atoms with Crippen LogP contribution < -0.4 is 15.5 Å². The van der Waals surface area contributed by atoms with Crippen LogP contribution in [0.5, 0.6) is 0 Å². The van der Waals surface area contributed by atoms with Gasteiger partial charge in [-0.15, -0.1) is 0 Å². The number of carbonyl (C=O) groups excluding carboxylic acids is 1. The van der Waals surface area contributed by atoms with Gasteiger partial charge < -0.3 is 10.6 Å². The summed E-state index contributed by atoms with van der Waals surface area (Å²) < 4.78 is 0. The van der Waals surface area contributed by atoms with Crippen molar-refractivity contribution >= 4 is 11.7 Å². The maximum Gasteiger partial charge on any atom is 0.319 e. The molecule has 2 amide bonds. The number of nitrogens with zero attached hydrogens (tertiary/aromatic N) is 1. The molecule has 1 aromatic carbocycles. The Kier molecular flexibility index (Phi) is 2.55. The summed E-state index contributed by atoms with van der Waals surface area (Å²) in [4.78, 5) is 15.1. The lowest BCUT2D eigenvalue weighted by atomic mass is 9.89. The first-order chi connectivity index (χ1) is 8.58. The normalized spacial score (nSPS) is 29.9. The van der Waals surface area contributed by atoms with Crippen molar-refractivity contribution in [3.8, 4) is 0 Å². The highest BCUT2D eigenvalue weighted by Gasteiger charge is 2.45. The predicted octanol–water partition coefficient (Wildman–Crippen LogP) is 0.264. The van der Waals surface area contributed by atoms with Gasteiger partial charge in [-0.1, -0.05) is 17.7 Å². The Morgan fingerprint density at radius 1 is 1.50 bits per heavy atom. The number of nitrogens with one attached hydrogen (secondary N) is 1. The zero-order valence-electron chi connectivity index (χ0n) is 10.9. The average Bonchev–Trinajstić information content (AvgIpc) is 2.62. The van der Waals surface area contributed by atoms with E-state index in [2.05, 4.69) is 26.1 Å². The highest BCUT2D eigenvalue weighted by Crippen LogP contribution is 2.42. The summed E-state index contributed by atoms with van der Waals surface area (Å²) in [5, 5.41) is 0. The molecule has 3 rings (SSSR count). The molecule has 0 aliphatic carbocycles. The van der Waals surface area contributed by atoms with Crippen molar-refractivity contribution in [3.05, 3.63) is 29.3 Å². The number of likely N-dealkylation sites (tertiary alicyclic amines) is 1. The van der Waals surface area contributed by atoms with Crippen molar-refractivity contribution in [2.75, 3.05) is 25.0 Å². The third-order valence-corrected chi connectivity index (χ3v) is 4.31. The van der Waals surface area contributed by atoms with E-state index in [1.807, 2.05) is 11.0 Å². The molecule has 0 aromatic heterocycles. The molecule has 3 N–H and O–H groups in total. The Bertz CT molecular complexity index is 500. The standard InChI is InChI=1S/C14H19N3O/c1-9-3-4-12-10(7-9)11-8-16(2)6-5-13(11)17(12)14(15)18/h3-4,7,11,13H,5-6,8H2,1-2H3,(H2,15,18)/p+1/t11-,13+/m0/s1. The van der Waals surface area contributed by atoms with Gasteiger partial charge in [0.05, 0.1) is 32.1 Å². The molecule has 1 fully saturated rings. The van der Waals surface area contributed by atoms with Crippen LogP contribution in [-0.4, -0.2) is 32.2 Å². The lowest BCUT2D eigenvalue weighted by Gasteiger charge is -2.33. The minimum absolute atomic E-state index is 0.267. The summed E-state index contributed by atoms with van der Waals surface area (Å²) in [7, 11) is 2.22. The molecule has 2 heterocycles. The molecule has 0 bridgehead atoms. The van der Waals surface area contributed by atoms with Gasteiger partial charge in [0.15, 0.2) is 0 Å². The molecular formula is C14H20N3O+. The number of piperidine rings is 1. The second-order valence-corrected chi connectivity index (χ2v) is 5.64. The van der Waals surface area contributed by atoms with Gasteiger partial charge in [0, 0.05) is 12.1 Å². The summed E-state index contributed by atoms with van der Waals surface area (Å²) in [5.74, 6) is 0.446. The van der Waals surface area contributed by atoms with E-state index in [1.165, 1.54) is 16.0 Å². The fourth-order valence-electron chi connectivity index (χ4n) is 3.49. The third-order valence-electron chi connectivity index (χ3n) is 4.31. The number of urea groups is 1. The van der Waals surface area contributed by atoms with Crippen molar-refractivity contribution < 1.29 is 9.69 Å². The molecule has 0 saturated carbocycles. The molecule has 3 atom stereocenters. The van der Waals surface area contributed by atoms with E-state index in [4.69, 9.17) is 5.73 Å². The van der Waals surface area contributed by atoms with Gasteiger partial charge in [0.25, 0.3) is 0 Å². The summed E-state index contributed by atoms with van der Waals surface area (Å²) in [6.45, 7) is 4.30. The Morgan fingerprint density at radius 2 is 2.28 bits per heavy atom. The lowest BCUT2D eigenvalue weighted by Crippen LogP contribution is -3.11. The topological polar surface area (TPSA) is 50.8 Å². The van der Waals surface area contributed by atoms with Crippen molar-refractivity contribution in [2.45, 2.75) is 25.3 Å². The van der Waals surface area contributed by atoms with E-state index in [-0.39, 0.29) is 12.1 Å². The Hall–Kier alpha value is -1.55. The van der Waals surface area contributed by atoms with Gasteiger partial charge in [-0.2, -0.15) is 0 Å². The average molecular weight is 246 g/mol. The summed E-state index contributed by atoms with van der Waals surface area (Å²) in [5.41, 5.74) is 9.15. The molecule has 1 aromatic rings. The Labute approximate surface area is 107 Å². The molecule has 4 heteroatoms. The van der Waals surface area contributed by atoms with Crippen molar-refractivity contribution in [1.82, 2.24) is 0 Å².